The second-order valence-electron chi connectivity index (χ2n) is 6.40. The summed E-state index contributed by atoms with van der Waals surface area (Å²) in [6, 6.07) is 14.0. The molecule has 2 unspecified atom stereocenters. The first-order chi connectivity index (χ1) is 11.0. The molecule has 1 aliphatic rings. The smallest absolute Gasteiger partial charge is 0.105 e. The molecule has 0 bridgehead atoms. The molecule has 0 saturated heterocycles. The van der Waals surface area contributed by atoms with Gasteiger partial charge in [-0.25, -0.2) is 0 Å². The number of rotatable bonds is 4. The van der Waals surface area contributed by atoms with E-state index >= 15 is 0 Å². The quantitative estimate of drug-likeness (QED) is 0.512. The molecule has 0 amide bonds. The lowest BCUT2D eigenvalue weighted by Gasteiger charge is -2.23. The number of azide groups is 1. The molecule has 2 N–H and O–H groups in total. The summed E-state index contributed by atoms with van der Waals surface area (Å²) in [7, 11) is 0. The third-order valence-corrected chi connectivity index (χ3v) is 4.65. The van der Waals surface area contributed by atoms with Gasteiger partial charge in [0.2, 0.25) is 0 Å². The monoisotopic (exact) mass is 309 g/mol. The highest BCUT2D eigenvalue weighted by Crippen LogP contribution is 2.49. The van der Waals surface area contributed by atoms with Gasteiger partial charge in [0.1, 0.15) is 6.10 Å². The van der Waals surface area contributed by atoms with Gasteiger partial charge in [0.25, 0.3) is 0 Å². The summed E-state index contributed by atoms with van der Waals surface area (Å²) in [6.07, 6.45) is -2.19. The molecule has 1 aliphatic carbocycles. The number of aliphatic hydroxyl groups excluding tert-OH is 2. The Morgan fingerprint density at radius 1 is 1.09 bits per heavy atom. The fourth-order valence-corrected chi connectivity index (χ4v) is 3.35. The topological polar surface area (TPSA) is 89.2 Å². The molecule has 0 radical (unpaired) electrons. The Morgan fingerprint density at radius 2 is 1.78 bits per heavy atom. The fourth-order valence-electron chi connectivity index (χ4n) is 3.35. The largest absolute Gasteiger partial charge is 0.390 e. The van der Waals surface area contributed by atoms with Crippen molar-refractivity contribution < 1.29 is 10.2 Å². The van der Waals surface area contributed by atoms with E-state index in [0.717, 1.165) is 11.1 Å². The third-order valence-electron chi connectivity index (χ3n) is 4.65. The van der Waals surface area contributed by atoms with E-state index < -0.39 is 12.2 Å². The maximum absolute atomic E-state index is 10.3. The van der Waals surface area contributed by atoms with Gasteiger partial charge in [-0.2, -0.15) is 0 Å². The second kappa shape index (κ2) is 5.70. The van der Waals surface area contributed by atoms with Gasteiger partial charge in [-0.05, 0) is 33.3 Å². The van der Waals surface area contributed by atoms with Crippen molar-refractivity contribution in [3.05, 3.63) is 69.6 Å². The first-order valence-corrected chi connectivity index (χ1v) is 7.58. The summed E-state index contributed by atoms with van der Waals surface area (Å²) in [5, 5.41) is 23.6. The van der Waals surface area contributed by atoms with Crippen molar-refractivity contribution in [3.8, 4) is 11.1 Å². The van der Waals surface area contributed by atoms with Crippen molar-refractivity contribution in [1.82, 2.24) is 0 Å². The minimum absolute atomic E-state index is 0.154. The molecule has 0 fully saturated rings. The van der Waals surface area contributed by atoms with Crippen LogP contribution in [0.15, 0.2) is 47.6 Å². The van der Waals surface area contributed by atoms with Crippen LogP contribution in [-0.2, 0) is 5.41 Å². The molecule has 5 heteroatoms. The number of benzene rings is 2. The van der Waals surface area contributed by atoms with Gasteiger partial charge in [-0.15, -0.1) is 0 Å². The van der Waals surface area contributed by atoms with Gasteiger partial charge >= 0.3 is 0 Å². The minimum atomic E-state index is -1.11. The Kier molecular flexibility index (Phi) is 3.86. The molecule has 0 heterocycles. The number of aliphatic hydroxyl groups is 2. The molecule has 2 aromatic carbocycles. The average Bonchev–Trinajstić information content (AvgIpc) is 2.80. The third kappa shape index (κ3) is 2.49. The number of nitrogens with zero attached hydrogens (tertiary/aromatic N) is 3. The van der Waals surface area contributed by atoms with Crippen LogP contribution in [0.2, 0.25) is 0 Å². The van der Waals surface area contributed by atoms with Crippen LogP contribution < -0.4 is 0 Å². The molecular formula is C18H19N3O2. The Morgan fingerprint density at radius 3 is 2.52 bits per heavy atom. The van der Waals surface area contributed by atoms with Crippen LogP contribution in [0.4, 0.5) is 0 Å². The zero-order valence-electron chi connectivity index (χ0n) is 13.1. The zero-order valence-corrected chi connectivity index (χ0v) is 13.1. The fraction of sp³-hybridized carbons (Fsp3) is 0.333. The molecule has 118 valence electrons. The summed E-state index contributed by atoms with van der Waals surface area (Å²) >= 11 is 0. The van der Waals surface area contributed by atoms with Crippen LogP contribution in [0.1, 0.15) is 36.6 Å². The normalized spacial score (nSPS) is 16.9. The van der Waals surface area contributed by atoms with Crippen molar-refractivity contribution in [2.24, 2.45) is 5.11 Å². The van der Waals surface area contributed by atoms with Crippen LogP contribution >= 0.6 is 0 Å². The van der Waals surface area contributed by atoms with E-state index in [-0.39, 0.29) is 12.0 Å². The second-order valence-corrected chi connectivity index (χ2v) is 6.40. The standard InChI is InChI=1S/C18H19N3O2/c1-18(2)14-6-4-3-5-12(14)13-8-7-11(9-15(13)18)17(23)16(22)10-20-21-19/h3-9,16-17,22-23H,10H2,1-2H3. The summed E-state index contributed by atoms with van der Waals surface area (Å²) in [5.74, 6) is 0. The van der Waals surface area contributed by atoms with Gasteiger partial charge in [0, 0.05) is 10.3 Å². The highest BCUT2D eigenvalue weighted by molar-refractivity contribution is 5.80. The average molecular weight is 309 g/mol. The summed E-state index contributed by atoms with van der Waals surface area (Å²) in [5.41, 5.74) is 13.6. The number of hydrogen-bond acceptors (Lipinski definition) is 3. The van der Waals surface area contributed by atoms with E-state index in [1.807, 2.05) is 30.3 Å². The lowest BCUT2D eigenvalue weighted by Crippen LogP contribution is -2.22. The molecule has 0 aliphatic heterocycles. The van der Waals surface area contributed by atoms with Gasteiger partial charge in [0.05, 0.1) is 12.6 Å². The molecule has 2 aromatic rings. The summed E-state index contributed by atoms with van der Waals surface area (Å²) < 4.78 is 0. The highest BCUT2D eigenvalue weighted by atomic mass is 16.3. The van der Waals surface area contributed by atoms with Crippen LogP contribution in [-0.4, -0.2) is 22.9 Å². The Bertz CT molecular complexity index is 795. The van der Waals surface area contributed by atoms with E-state index in [2.05, 4.69) is 36.0 Å². The predicted molar refractivity (Wildman–Crippen MR) is 89.0 cm³/mol. The molecule has 0 saturated carbocycles. The first-order valence-electron chi connectivity index (χ1n) is 7.58. The van der Waals surface area contributed by atoms with Gasteiger partial charge in [-0.1, -0.05) is 61.4 Å². The molecular weight excluding hydrogens is 290 g/mol. The summed E-state index contributed by atoms with van der Waals surface area (Å²) in [6.45, 7) is 4.16. The lowest BCUT2D eigenvalue weighted by atomic mass is 9.81. The van der Waals surface area contributed by atoms with E-state index in [4.69, 9.17) is 5.53 Å². The predicted octanol–water partition coefficient (Wildman–Crippen LogP) is 3.70. The van der Waals surface area contributed by atoms with Crippen molar-refractivity contribution in [2.75, 3.05) is 6.54 Å². The number of hydrogen-bond donors (Lipinski definition) is 2. The van der Waals surface area contributed by atoms with Crippen molar-refractivity contribution in [3.63, 3.8) is 0 Å². The van der Waals surface area contributed by atoms with Crippen LogP contribution in [0.5, 0.6) is 0 Å². The maximum Gasteiger partial charge on any atom is 0.105 e. The van der Waals surface area contributed by atoms with E-state index in [9.17, 15) is 10.2 Å². The first kappa shape index (κ1) is 15.6. The Balaban J connectivity index is 2.01. The van der Waals surface area contributed by atoms with E-state index in [1.54, 1.807) is 0 Å². The molecule has 23 heavy (non-hydrogen) atoms. The van der Waals surface area contributed by atoms with Crippen LogP contribution in [0.25, 0.3) is 21.6 Å². The van der Waals surface area contributed by atoms with Crippen LogP contribution in [0.3, 0.4) is 0 Å². The van der Waals surface area contributed by atoms with Crippen LogP contribution in [0, 0.1) is 0 Å². The molecule has 5 nitrogen and oxygen atoms in total. The van der Waals surface area contributed by atoms with Gasteiger partial charge in [-0.3, -0.25) is 0 Å². The lowest BCUT2D eigenvalue weighted by molar-refractivity contribution is 0.0243. The minimum Gasteiger partial charge on any atom is -0.390 e. The van der Waals surface area contributed by atoms with Gasteiger partial charge < -0.3 is 10.2 Å². The highest BCUT2D eigenvalue weighted by Gasteiger charge is 2.35. The summed E-state index contributed by atoms with van der Waals surface area (Å²) in [4.78, 5) is 2.61. The molecule has 3 rings (SSSR count). The maximum atomic E-state index is 10.3. The molecule has 0 spiro atoms. The number of fused-ring (bicyclic) bond motifs is 3. The SMILES string of the molecule is CC1(C)c2ccccc2-c2ccc(C(O)C(O)CN=[N+]=[N-])cc21. The van der Waals surface area contributed by atoms with E-state index in [1.165, 1.54) is 11.1 Å². The van der Waals surface area contributed by atoms with E-state index in [0.29, 0.717) is 5.56 Å². The van der Waals surface area contributed by atoms with Gasteiger partial charge in [0.15, 0.2) is 0 Å². The molecule has 2 atom stereocenters. The zero-order chi connectivity index (χ0) is 16.6. The Hall–Kier alpha value is -2.33. The Labute approximate surface area is 134 Å². The van der Waals surface area contributed by atoms with Crippen molar-refractivity contribution in [2.45, 2.75) is 31.5 Å². The van der Waals surface area contributed by atoms with Crippen molar-refractivity contribution >= 4 is 0 Å². The molecule has 0 aromatic heterocycles. The van der Waals surface area contributed by atoms with Crippen molar-refractivity contribution in [1.29, 1.82) is 0 Å².